The molecule has 0 saturated carbocycles. The van der Waals surface area contributed by atoms with E-state index in [1.54, 1.807) is 12.7 Å². The summed E-state index contributed by atoms with van der Waals surface area (Å²) in [7, 11) is 1.75. The maximum atomic E-state index is 13.6. The summed E-state index contributed by atoms with van der Waals surface area (Å²) >= 11 is 0. The van der Waals surface area contributed by atoms with Crippen molar-refractivity contribution >= 4 is 16.8 Å². The summed E-state index contributed by atoms with van der Waals surface area (Å²) in [6.07, 6.45) is 14.0. The van der Waals surface area contributed by atoms with Gasteiger partial charge in [0, 0.05) is 56.3 Å². The molecule has 6 rings (SSSR count). The van der Waals surface area contributed by atoms with Crippen LogP contribution < -0.4 is 0 Å². The first-order valence-electron chi connectivity index (χ1n) is 13.5. The van der Waals surface area contributed by atoms with Crippen molar-refractivity contribution in [1.29, 1.82) is 0 Å². The second-order valence-corrected chi connectivity index (χ2v) is 11.0. The average molecular weight is 462 g/mol. The Labute approximate surface area is 203 Å². The summed E-state index contributed by atoms with van der Waals surface area (Å²) in [4.78, 5) is 18.7. The van der Waals surface area contributed by atoms with Crippen LogP contribution in [0.3, 0.4) is 0 Å². The summed E-state index contributed by atoms with van der Waals surface area (Å²) in [6, 6.07) is 9.68. The Bertz CT molecular complexity index is 1070. The van der Waals surface area contributed by atoms with Crippen molar-refractivity contribution < 1.29 is 9.53 Å². The number of aryl methyl sites for hydroxylation is 1. The number of aromatic nitrogens is 1. The monoisotopic (exact) mass is 461 g/mol. The molecule has 0 N–H and O–H groups in total. The van der Waals surface area contributed by atoms with Crippen LogP contribution in [0.5, 0.6) is 0 Å². The van der Waals surface area contributed by atoms with Crippen LogP contribution in [-0.4, -0.2) is 65.7 Å². The lowest BCUT2D eigenvalue weighted by Crippen LogP contribution is -2.60. The number of benzene rings is 1. The molecule has 1 aliphatic carbocycles. The molecule has 4 heterocycles. The Balaban J connectivity index is 1.19. The van der Waals surface area contributed by atoms with E-state index in [0.29, 0.717) is 30.9 Å². The molecule has 5 heteroatoms. The van der Waals surface area contributed by atoms with Crippen LogP contribution >= 0.6 is 0 Å². The first-order valence-corrected chi connectivity index (χ1v) is 13.5. The molecule has 3 fully saturated rings. The molecular formula is C29H39N3O2. The van der Waals surface area contributed by atoms with Crippen LogP contribution in [0.2, 0.25) is 0 Å². The lowest BCUT2D eigenvalue weighted by molar-refractivity contribution is -0.136. The molecule has 2 aromatic rings. The average Bonchev–Trinajstić information content (AvgIpc) is 3.23. The minimum atomic E-state index is 0.350. The van der Waals surface area contributed by atoms with Gasteiger partial charge < -0.3 is 14.2 Å². The molecule has 0 radical (unpaired) electrons. The van der Waals surface area contributed by atoms with Crippen LogP contribution in [0, 0.1) is 11.8 Å². The quantitative estimate of drug-likeness (QED) is 0.588. The molecule has 5 nitrogen and oxygen atoms in total. The van der Waals surface area contributed by atoms with Crippen molar-refractivity contribution in [1.82, 2.24) is 14.4 Å². The molecule has 3 saturated heterocycles. The fraction of sp³-hybridized carbons (Fsp3) is 0.621. The number of carbonyl (C=O) groups is 1. The van der Waals surface area contributed by atoms with Crippen molar-refractivity contribution in [2.45, 2.75) is 70.0 Å². The van der Waals surface area contributed by atoms with Crippen LogP contribution in [0.25, 0.3) is 10.9 Å². The van der Waals surface area contributed by atoms with E-state index >= 15 is 0 Å². The molecule has 182 valence electrons. The fourth-order valence-corrected chi connectivity index (χ4v) is 7.54. The summed E-state index contributed by atoms with van der Waals surface area (Å²) in [5.74, 6) is 1.70. The molecule has 1 aromatic carbocycles. The van der Waals surface area contributed by atoms with E-state index in [9.17, 15) is 4.79 Å². The highest BCUT2D eigenvalue weighted by Gasteiger charge is 2.46. The van der Waals surface area contributed by atoms with Gasteiger partial charge in [-0.2, -0.15) is 0 Å². The zero-order chi connectivity index (χ0) is 23.1. The number of hydrogen-bond acceptors (Lipinski definition) is 3. The van der Waals surface area contributed by atoms with Crippen LogP contribution in [0.4, 0.5) is 0 Å². The first kappa shape index (κ1) is 22.4. The third-order valence-corrected chi connectivity index (χ3v) is 8.99. The standard InChI is InChI=1S/C29H39N3O2/c1-34-16-15-31-19-22(25-8-2-3-10-27(25)31)11-12-28(33)32-14-6-7-21-17-23-18-24(29(21)32)20-30-13-5-4-9-26(23)30/h2-3,8,10,17,19,23-24,26,29H,4-7,9,11-16,18,20H2,1H3/t23-,24+,26-,29-/m0/s1. The van der Waals surface area contributed by atoms with Gasteiger partial charge >= 0.3 is 0 Å². The normalized spacial score (nSPS) is 29.0. The maximum Gasteiger partial charge on any atom is 0.223 e. The second-order valence-electron chi connectivity index (χ2n) is 11.0. The molecule has 1 aromatic heterocycles. The summed E-state index contributed by atoms with van der Waals surface area (Å²) < 4.78 is 7.58. The fourth-order valence-electron chi connectivity index (χ4n) is 7.54. The van der Waals surface area contributed by atoms with Crippen molar-refractivity contribution in [3.63, 3.8) is 0 Å². The number of hydrogen-bond donors (Lipinski definition) is 0. The van der Waals surface area contributed by atoms with Gasteiger partial charge in [-0.3, -0.25) is 9.69 Å². The Kier molecular flexibility index (Phi) is 6.25. The van der Waals surface area contributed by atoms with Gasteiger partial charge in [0.2, 0.25) is 5.91 Å². The number of likely N-dealkylation sites (tertiary alicyclic amines) is 1. The van der Waals surface area contributed by atoms with Gasteiger partial charge in [0.05, 0.1) is 12.6 Å². The van der Waals surface area contributed by atoms with Crippen molar-refractivity contribution in [2.24, 2.45) is 11.8 Å². The Morgan fingerprint density at radius 3 is 2.97 bits per heavy atom. The van der Waals surface area contributed by atoms with Gasteiger partial charge in [-0.15, -0.1) is 0 Å². The lowest BCUT2D eigenvalue weighted by atomic mass is 9.68. The van der Waals surface area contributed by atoms with Crippen LogP contribution in [0.1, 0.15) is 50.5 Å². The SMILES string of the molecule is COCCn1cc(CCC(=O)N2CCCC3=C[C@H]4C[C@H](CN5CCCC[C@@H]45)[C@H]32)c2ccccc21. The number of methoxy groups -OCH3 is 1. The summed E-state index contributed by atoms with van der Waals surface area (Å²) in [5.41, 5.74) is 4.11. The van der Waals surface area contributed by atoms with Gasteiger partial charge in [-0.25, -0.2) is 0 Å². The zero-order valence-corrected chi connectivity index (χ0v) is 20.6. The highest BCUT2D eigenvalue weighted by molar-refractivity contribution is 5.85. The molecule has 1 amide bonds. The highest BCUT2D eigenvalue weighted by Crippen LogP contribution is 2.45. The van der Waals surface area contributed by atoms with E-state index in [1.165, 1.54) is 61.7 Å². The molecule has 3 aliphatic heterocycles. The number of para-hydroxylation sites is 1. The molecule has 4 atom stereocenters. The third-order valence-electron chi connectivity index (χ3n) is 8.99. The molecule has 4 aliphatic rings. The van der Waals surface area contributed by atoms with E-state index in [0.717, 1.165) is 37.9 Å². The number of amides is 1. The Hall–Kier alpha value is -2.11. The second kappa shape index (κ2) is 9.50. The van der Waals surface area contributed by atoms with E-state index < -0.39 is 0 Å². The van der Waals surface area contributed by atoms with E-state index in [2.05, 4.69) is 50.9 Å². The lowest BCUT2D eigenvalue weighted by Gasteiger charge is -2.54. The van der Waals surface area contributed by atoms with Crippen molar-refractivity contribution in [3.05, 3.63) is 47.7 Å². The Morgan fingerprint density at radius 1 is 1.15 bits per heavy atom. The van der Waals surface area contributed by atoms with Gasteiger partial charge in [0.25, 0.3) is 0 Å². The number of carbonyl (C=O) groups excluding carboxylic acids is 1. The summed E-state index contributed by atoms with van der Waals surface area (Å²) in [5, 5.41) is 1.27. The van der Waals surface area contributed by atoms with E-state index in [-0.39, 0.29) is 0 Å². The van der Waals surface area contributed by atoms with Gasteiger partial charge in [0.15, 0.2) is 0 Å². The number of rotatable bonds is 6. The van der Waals surface area contributed by atoms with Gasteiger partial charge in [0.1, 0.15) is 0 Å². The number of ether oxygens (including phenoxy) is 1. The third kappa shape index (κ3) is 4.01. The predicted molar refractivity (Wildman–Crippen MR) is 136 cm³/mol. The number of nitrogens with zero attached hydrogens (tertiary/aromatic N) is 3. The zero-order valence-electron chi connectivity index (χ0n) is 20.6. The molecule has 2 bridgehead atoms. The first-order chi connectivity index (χ1) is 16.7. The van der Waals surface area contributed by atoms with Crippen LogP contribution in [0.15, 0.2) is 42.1 Å². The topological polar surface area (TPSA) is 37.7 Å². The smallest absolute Gasteiger partial charge is 0.223 e. The minimum Gasteiger partial charge on any atom is -0.383 e. The van der Waals surface area contributed by atoms with E-state index in [1.807, 2.05) is 0 Å². The Morgan fingerprint density at radius 2 is 2.06 bits per heavy atom. The molecule has 34 heavy (non-hydrogen) atoms. The highest BCUT2D eigenvalue weighted by atomic mass is 16.5. The number of fused-ring (bicyclic) bond motifs is 7. The van der Waals surface area contributed by atoms with Crippen molar-refractivity contribution in [3.8, 4) is 0 Å². The van der Waals surface area contributed by atoms with Crippen LogP contribution in [-0.2, 0) is 22.5 Å². The summed E-state index contributed by atoms with van der Waals surface area (Å²) in [6.45, 7) is 4.92. The predicted octanol–water partition coefficient (Wildman–Crippen LogP) is 4.64. The van der Waals surface area contributed by atoms with Gasteiger partial charge in [-0.1, -0.05) is 36.3 Å². The van der Waals surface area contributed by atoms with Crippen molar-refractivity contribution in [2.75, 3.05) is 33.4 Å². The maximum absolute atomic E-state index is 13.6. The van der Waals surface area contributed by atoms with Gasteiger partial charge in [-0.05, 0) is 68.5 Å². The number of piperidine rings is 3. The molecule has 0 spiro atoms. The largest absolute Gasteiger partial charge is 0.383 e. The van der Waals surface area contributed by atoms with E-state index in [4.69, 9.17) is 4.74 Å². The molecule has 0 unspecified atom stereocenters. The molecular weight excluding hydrogens is 422 g/mol. The minimum absolute atomic E-state index is 0.350.